The molecule has 0 rings (SSSR count). The molecule has 0 aromatic carbocycles. The molecule has 0 heterocycles. The van der Waals surface area contributed by atoms with E-state index in [2.05, 4.69) is 130 Å². The van der Waals surface area contributed by atoms with Crippen LogP contribution in [0.25, 0.3) is 0 Å². The average Bonchev–Trinajstić information content (AvgIpc) is 3.30. The van der Waals surface area contributed by atoms with Crippen LogP contribution in [0.2, 0.25) is 0 Å². The number of hydrogen-bond donors (Lipinski definition) is 0. The van der Waals surface area contributed by atoms with E-state index in [4.69, 9.17) is 14.2 Å². The Hall–Kier alpha value is -3.93. The van der Waals surface area contributed by atoms with E-state index in [-0.39, 0.29) is 44.0 Å². The fraction of sp³-hybridized carbons (Fsp3) is 0.644. The second-order valence-electron chi connectivity index (χ2n) is 17.0. The second kappa shape index (κ2) is 52.7. The lowest BCUT2D eigenvalue weighted by Crippen LogP contribution is -2.30. The van der Waals surface area contributed by atoms with Crippen LogP contribution in [-0.2, 0) is 28.6 Å². The second-order valence-corrected chi connectivity index (χ2v) is 17.0. The topological polar surface area (TPSA) is 78.9 Å². The van der Waals surface area contributed by atoms with Gasteiger partial charge in [-0.1, -0.05) is 220 Å². The van der Waals surface area contributed by atoms with E-state index in [1.165, 1.54) is 77.0 Å². The molecule has 0 bridgehead atoms. The lowest BCUT2D eigenvalue weighted by atomic mass is 10.0. The molecule has 0 fully saturated rings. The first-order chi connectivity index (χ1) is 32.0. The Kier molecular flexibility index (Phi) is 49.5. The number of unbranched alkanes of at least 4 members (excludes halogenated alkanes) is 17. The summed E-state index contributed by atoms with van der Waals surface area (Å²) >= 11 is 0. The molecule has 0 aromatic heterocycles. The maximum atomic E-state index is 12.8. The van der Waals surface area contributed by atoms with Gasteiger partial charge in [-0.3, -0.25) is 14.4 Å². The normalized spacial score (nSPS) is 13.0. The van der Waals surface area contributed by atoms with E-state index in [0.29, 0.717) is 19.3 Å². The van der Waals surface area contributed by atoms with E-state index in [9.17, 15) is 14.4 Å². The van der Waals surface area contributed by atoms with Crippen molar-refractivity contribution in [2.75, 3.05) is 13.2 Å². The highest BCUT2D eigenvalue weighted by Gasteiger charge is 2.19. The quantitative estimate of drug-likeness (QED) is 0.0262. The predicted molar refractivity (Wildman–Crippen MR) is 279 cm³/mol. The molecule has 6 nitrogen and oxygen atoms in total. The summed E-state index contributed by atoms with van der Waals surface area (Å²) in [5.41, 5.74) is 0. The maximum absolute atomic E-state index is 12.8. The fourth-order valence-corrected chi connectivity index (χ4v) is 6.88. The van der Waals surface area contributed by atoms with Crippen LogP contribution in [0.3, 0.4) is 0 Å². The fourth-order valence-electron chi connectivity index (χ4n) is 6.88. The lowest BCUT2D eigenvalue weighted by molar-refractivity contribution is -0.167. The summed E-state index contributed by atoms with van der Waals surface area (Å²) in [7, 11) is 0. The van der Waals surface area contributed by atoms with Gasteiger partial charge in [0.1, 0.15) is 13.2 Å². The Morgan fingerprint density at radius 1 is 0.323 bits per heavy atom. The summed E-state index contributed by atoms with van der Waals surface area (Å²) in [6.07, 6.45) is 70.8. The molecule has 1 atom stereocenters. The lowest BCUT2D eigenvalue weighted by Gasteiger charge is -2.18. The molecule has 0 radical (unpaired) electrons. The molecule has 0 N–H and O–H groups in total. The van der Waals surface area contributed by atoms with Crippen LogP contribution in [0.5, 0.6) is 0 Å². The van der Waals surface area contributed by atoms with Crippen LogP contribution in [0.15, 0.2) is 109 Å². The number of ether oxygens (including phenoxy) is 3. The zero-order chi connectivity index (χ0) is 47.2. The van der Waals surface area contributed by atoms with Crippen molar-refractivity contribution in [3.05, 3.63) is 109 Å². The molecule has 0 aliphatic heterocycles. The number of rotatable bonds is 46. The third-order valence-electron chi connectivity index (χ3n) is 10.8. The van der Waals surface area contributed by atoms with E-state index >= 15 is 0 Å². The van der Waals surface area contributed by atoms with Gasteiger partial charge < -0.3 is 14.2 Å². The van der Waals surface area contributed by atoms with Crippen molar-refractivity contribution in [2.24, 2.45) is 0 Å². The Bertz CT molecular complexity index is 1360. The van der Waals surface area contributed by atoms with Crippen molar-refractivity contribution >= 4 is 17.9 Å². The summed E-state index contributed by atoms with van der Waals surface area (Å²) in [6.45, 7) is 6.32. The van der Waals surface area contributed by atoms with Crippen LogP contribution in [0.4, 0.5) is 0 Å². The highest BCUT2D eigenvalue weighted by atomic mass is 16.6. The van der Waals surface area contributed by atoms with E-state index in [1.807, 2.05) is 0 Å². The first-order valence-electron chi connectivity index (χ1n) is 26.4. The zero-order valence-corrected chi connectivity index (χ0v) is 42.0. The SMILES string of the molecule is CC/C=C\C/C=C\C/C=C\C/C=C\C/C=C\CCCC(=O)OC[C@H](COC(=O)CCCCCCCCCCCCCCCCC)OC(=O)CCCC/C=C\C/C=C\C/C=C\C/C=C\CC. The van der Waals surface area contributed by atoms with E-state index in [1.54, 1.807) is 0 Å². The molecule has 65 heavy (non-hydrogen) atoms. The first kappa shape index (κ1) is 61.1. The Labute approximate surface area is 400 Å². The molecular formula is C59H96O6. The maximum Gasteiger partial charge on any atom is 0.306 e. The van der Waals surface area contributed by atoms with Gasteiger partial charge in [0.2, 0.25) is 0 Å². The Morgan fingerprint density at radius 2 is 0.615 bits per heavy atom. The van der Waals surface area contributed by atoms with Gasteiger partial charge in [0.05, 0.1) is 0 Å². The predicted octanol–water partition coefficient (Wildman–Crippen LogP) is 17.5. The largest absolute Gasteiger partial charge is 0.462 e. The van der Waals surface area contributed by atoms with Crippen molar-refractivity contribution < 1.29 is 28.6 Å². The first-order valence-corrected chi connectivity index (χ1v) is 26.4. The van der Waals surface area contributed by atoms with Crippen molar-refractivity contribution in [3.8, 4) is 0 Å². The third-order valence-corrected chi connectivity index (χ3v) is 10.8. The highest BCUT2D eigenvalue weighted by molar-refractivity contribution is 5.71. The van der Waals surface area contributed by atoms with Crippen molar-refractivity contribution in [3.63, 3.8) is 0 Å². The minimum Gasteiger partial charge on any atom is -0.462 e. The van der Waals surface area contributed by atoms with Crippen molar-refractivity contribution in [1.82, 2.24) is 0 Å². The average molecular weight is 901 g/mol. The molecule has 0 aliphatic rings. The molecule has 0 saturated heterocycles. The van der Waals surface area contributed by atoms with Crippen molar-refractivity contribution in [2.45, 2.75) is 232 Å². The summed E-state index contributed by atoms with van der Waals surface area (Å²) in [4.78, 5) is 38.0. The molecule has 0 aliphatic carbocycles. The number of esters is 3. The molecule has 0 amide bonds. The molecule has 0 unspecified atom stereocenters. The number of carbonyl (C=O) groups is 3. The molecular weight excluding hydrogens is 805 g/mol. The zero-order valence-electron chi connectivity index (χ0n) is 42.0. The minimum absolute atomic E-state index is 0.113. The summed E-state index contributed by atoms with van der Waals surface area (Å²) in [5, 5.41) is 0. The van der Waals surface area contributed by atoms with Gasteiger partial charge in [0.15, 0.2) is 6.10 Å². The van der Waals surface area contributed by atoms with Gasteiger partial charge in [-0.05, 0) is 96.3 Å². The van der Waals surface area contributed by atoms with Gasteiger partial charge in [-0.25, -0.2) is 0 Å². The van der Waals surface area contributed by atoms with Gasteiger partial charge in [0.25, 0.3) is 0 Å². The molecule has 0 spiro atoms. The van der Waals surface area contributed by atoms with Gasteiger partial charge in [-0.2, -0.15) is 0 Å². The van der Waals surface area contributed by atoms with Crippen LogP contribution in [0.1, 0.15) is 226 Å². The minimum atomic E-state index is -0.822. The third kappa shape index (κ3) is 50.9. The van der Waals surface area contributed by atoms with Gasteiger partial charge >= 0.3 is 17.9 Å². The Balaban J connectivity index is 4.54. The summed E-state index contributed by atoms with van der Waals surface area (Å²) in [6, 6.07) is 0. The van der Waals surface area contributed by atoms with Gasteiger partial charge in [0, 0.05) is 19.3 Å². The standard InChI is InChI=1S/C59H96O6/c1-4-7-10-13-16-19-22-25-28-29-32-34-37-40-43-46-49-52-58(61)64-55-56(65-59(62)53-50-47-44-41-38-35-31-27-24-21-18-15-12-9-6-3)54-63-57(60)51-48-45-42-39-36-33-30-26-23-20-17-14-11-8-5-2/h7,9-10,12,16,18-19,21,25,27-28,31-32,34,38,40-41,43,56H,4-6,8,11,13-15,17,20,22-24,26,29-30,33,35-37,39,42,44-55H2,1-3H3/b10-7-,12-9-,19-16-,21-18-,28-25-,31-27-,34-32-,41-38-,43-40-/t56-/m0/s1. The molecule has 368 valence electrons. The number of hydrogen-bond acceptors (Lipinski definition) is 6. The number of allylic oxidation sites excluding steroid dienone is 18. The molecule has 0 saturated carbocycles. The summed E-state index contributed by atoms with van der Waals surface area (Å²) in [5.74, 6) is -1.02. The van der Waals surface area contributed by atoms with Crippen molar-refractivity contribution in [1.29, 1.82) is 0 Å². The van der Waals surface area contributed by atoms with E-state index < -0.39 is 6.10 Å². The molecule has 0 aromatic rings. The summed E-state index contributed by atoms with van der Waals surface area (Å²) < 4.78 is 16.7. The monoisotopic (exact) mass is 901 g/mol. The smallest absolute Gasteiger partial charge is 0.306 e. The van der Waals surface area contributed by atoms with Crippen LogP contribution < -0.4 is 0 Å². The number of carbonyl (C=O) groups excluding carboxylic acids is 3. The van der Waals surface area contributed by atoms with E-state index in [0.717, 1.165) is 96.3 Å². The molecule has 6 heteroatoms. The van der Waals surface area contributed by atoms with Crippen LogP contribution in [-0.4, -0.2) is 37.2 Å². The van der Waals surface area contributed by atoms with Crippen LogP contribution in [0, 0.1) is 0 Å². The Morgan fingerprint density at radius 3 is 1.00 bits per heavy atom. The van der Waals surface area contributed by atoms with Gasteiger partial charge in [-0.15, -0.1) is 0 Å². The van der Waals surface area contributed by atoms with Crippen LogP contribution >= 0.6 is 0 Å². The highest BCUT2D eigenvalue weighted by Crippen LogP contribution is 2.14.